The monoisotopic (exact) mass is 263 g/mol. The Kier molecular flexibility index (Phi) is 3.80. The summed E-state index contributed by atoms with van der Waals surface area (Å²) in [7, 11) is 0. The van der Waals surface area contributed by atoms with Gasteiger partial charge >= 0.3 is 0 Å². The highest BCUT2D eigenvalue weighted by Gasteiger charge is 2.30. The molecule has 102 valence electrons. The average Bonchev–Trinajstić information content (AvgIpc) is 2.75. The Balaban J connectivity index is 2.09. The Morgan fingerprint density at radius 1 is 1.47 bits per heavy atom. The lowest BCUT2D eigenvalue weighted by Crippen LogP contribution is -2.34. The van der Waals surface area contributed by atoms with Crippen LogP contribution in [-0.2, 0) is 4.79 Å². The lowest BCUT2D eigenvalue weighted by atomic mass is 10.0. The van der Waals surface area contributed by atoms with Gasteiger partial charge in [0.2, 0.25) is 5.91 Å². The molecule has 3 N–H and O–H groups in total. The number of benzene rings is 1. The molecule has 0 radical (unpaired) electrons. The molecule has 1 saturated carbocycles. The number of aryl methyl sites for hydroxylation is 1. The number of nitrogens with two attached hydrogens (primary N) is 1. The zero-order valence-corrected chi connectivity index (χ0v) is 10.8. The zero-order valence-electron chi connectivity index (χ0n) is 10.8. The minimum Gasteiger partial charge on any atom is -0.327 e. The van der Waals surface area contributed by atoms with Gasteiger partial charge in [0.25, 0.3) is 5.69 Å². The first-order valence-electron chi connectivity index (χ1n) is 6.30. The van der Waals surface area contributed by atoms with E-state index in [1.807, 2.05) is 0 Å². The summed E-state index contributed by atoms with van der Waals surface area (Å²) >= 11 is 0. The van der Waals surface area contributed by atoms with Crippen molar-refractivity contribution in [1.29, 1.82) is 0 Å². The summed E-state index contributed by atoms with van der Waals surface area (Å²) in [5.74, 6) is -0.256. The van der Waals surface area contributed by atoms with Crippen molar-refractivity contribution in [3.05, 3.63) is 33.9 Å². The second-order valence-corrected chi connectivity index (χ2v) is 4.95. The van der Waals surface area contributed by atoms with E-state index in [2.05, 4.69) is 5.32 Å². The van der Waals surface area contributed by atoms with Crippen molar-refractivity contribution >= 4 is 17.3 Å². The number of nitrogens with zero attached hydrogens (tertiary/aromatic N) is 1. The van der Waals surface area contributed by atoms with Crippen LogP contribution in [-0.4, -0.2) is 16.9 Å². The Hall–Kier alpha value is -1.95. The molecule has 19 heavy (non-hydrogen) atoms. The fraction of sp³-hybridized carbons (Fsp3) is 0.462. The van der Waals surface area contributed by atoms with E-state index < -0.39 is 4.92 Å². The molecule has 0 aromatic heterocycles. The quantitative estimate of drug-likeness (QED) is 0.643. The van der Waals surface area contributed by atoms with Gasteiger partial charge in [-0.25, -0.2) is 0 Å². The van der Waals surface area contributed by atoms with Gasteiger partial charge in [-0.15, -0.1) is 0 Å². The third kappa shape index (κ3) is 2.90. The summed E-state index contributed by atoms with van der Waals surface area (Å²) in [6, 6.07) is 4.47. The maximum absolute atomic E-state index is 12.0. The molecule has 2 unspecified atom stereocenters. The summed E-state index contributed by atoms with van der Waals surface area (Å²) in [6.45, 7) is 1.65. The summed E-state index contributed by atoms with van der Waals surface area (Å²) in [4.78, 5) is 22.3. The molecule has 1 aromatic carbocycles. The fourth-order valence-electron chi connectivity index (χ4n) is 2.49. The van der Waals surface area contributed by atoms with Gasteiger partial charge in [0.1, 0.15) is 0 Å². The van der Waals surface area contributed by atoms with Crippen LogP contribution < -0.4 is 11.1 Å². The molecule has 2 rings (SSSR count). The van der Waals surface area contributed by atoms with Crippen molar-refractivity contribution in [3.8, 4) is 0 Å². The first-order valence-corrected chi connectivity index (χ1v) is 6.30. The lowest BCUT2D eigenvalue weighted by molar-refractivity contribution is -0.385. The molecule has 0 bridgehead atoms. The minimum atomic E-state index is -0.437. The van der Waals surface area contributed by atoms with Crippen LogP contribution in [0.25, 0.3) is 0 Å². The summed E-state index contributed by atoms with van der Waals surface area (Å²) in [5.41, 5.74) is 7.03. The van der Waals surface area contributed by atoms with Crippen molar-refractivity contribution in [1.82, 2.24) is 0 Å². The van der Waals surface area contributed by atoms with E-state index in [-0.39, 0.29) is 23.6 Å². The molecule has 6 heteroatoms. The highest BCUT2D eigenvalue weighted by molar-refractivity contribution is 5.93. The van der Waals surface area contributed by atoms with Crippen LogP contribution in [0.5, 0.6) is 0 Å². The lowest BCUT2D eigenvalue weighted by Gasteiger charge is -2.15. The number of amides is 1. The fourth-order valence-corrected chi connectivity index (χ4v) is 2.49. The number of rotatable bonds is 3. The number of hydrogen-bond donors (Lipinski definition) is 2. The maximum atomic E-state index is 12.0. The Bertz CT molecular complexity index is 516. The van der Waals surface area contributed by atoms with Gasteiger partial charge in [-0.05, 0) is 31.9 Å². The largest absolute Gasteiger partial charge is 0.327 e. The Morgan fingerprint density at radius 2 is 2.21 bits per heavy atom. The SMILES string of the molecule is Cc1cc(NC(=O)C2CCCC2N)ccc1[N+](=O)[O-]. The maximum Gasteiger partial charge on any atom is 0.272 e. The van der Waals surface area contributed by atoms with E-state index in [4.69, 9.17) is 5.73 Å². The van der Waals surface area contributed by atoms with Crippen molar-refractivity contribution in [2.24, 2.45) is 11.7 Å². The molecule has 1 aliphatic rings. The van der Waals surface area contributed by atoms with Crippen LogP contribution in [0.3, 0.4) is 0 Å². The number of nitrogens with one attached hydrogen (secondary N) is 1. The van der Waals surface area contributed by atoms with Crippen molar-refractivity contribution < 1.29 is 9.72 Å². The standard InChI is InChI=1S/C13H17N3O3/c1-8-7-9(5-6-12(8)16(18)19)15-13(17)10-3-2-4-11(10)14/h5-7,10-11H,2-4,14H2,1H3,(H,15,17). The molecule has 0 heterocycles. The predicted molar refractivity (Wildman–Crippen MR) is 71.8 cm³/mol. The van der Waals surface area contributed by atoms with Gasteiger partial charge in [-0.1, -0.05) is 6.42 Å². The van der Waals surface area contributed by atoms with Crippen molar-refractivity contribution in [2.75, 3.05) is 5.32 Å². The van der Waals surface area contributed by atoms with Crippen LogP contribution in [0.2, 0.25) is 0 Å². The Labute approximate surface area is 111 Å². The van der Waals surface area contributed by atoms with E-state index in [1.54, 1.807) is 19.1 Å². The van der Waals surface area contributed by atoms with Gasteiger partial charge in [0.15, 0.2) is 0 Å². The third-order valence-corrected chi connectivity index (χ3v) is 3.57. The van der Waals surface area contributed by atoms with Gasteiger partial charge in [0.05, 0.1) is 10.8 Å². The van der Waals surface area contributed by atoms with Gasteiger partial charge in [-0.3, -0.25) is 14.9 Å². The summed E-state index contributed by atoms with van der Waals surface area (Å²) in [5, 5.41) is 13.5. The van der Waals surface area contributed by atoms with Crippen LogP contribution in [0.4, 0.5) is 11.4 Å². The molecule has 6 nitrogen and oxygen atoms in total. The Morgan fingerprint density at radius 3 is 2.74 bits per heavy atom. The predicted octanol–water partition coefficient (Wildman–Crippen LogP) is 1.97. The van der Waals surface area contributed by atoms with Gasteiger partial charge in [0, 0.05) is 23.4 Å². The first kappa shape index (κ1) is 13.5. The van der Waals surface area contributed by atoms with E-state index >= 15 is 0 Å². The molecule has 1 amide bonds. The van der Waals surface area contributed by atoms with Gasteiger partial charge < -0.3 is 11.1 Å². The molecule has 0 aliphatic heterocycles. The minimum absolute atomic E-state index is 0.0515. The van der Waals surface area contributed by atoms with E-state index in [9.17, 15) is 14.9 Å². The molecular formula is C13H17N3O3. The molecular weight excluding hydrogens is 246 g/mol. The average molecular weight is 263 g/mol. The number of nitro groups is 1. The molecule has 1 aromatic rings. The van der Waals surface area contributed by atoms with E-state index in [0.717, 1.165) is 19.3 Å². The first-order chi connectivity index (χ1) is 8.99. The van der Waals surface area contributed by atoms with Gasteiger partial charge in [-0.2, -0.15) is 0 Å². The summed E-state index contributed by atoms with van der Waals surface area (Å²) in [6.07, 6.45) is 2.65. The normalized spacial score (nSPS) is 22.2. The second kappa shape index (κ2) is 5.36. The highest BCUT2D eigenvalue weighted by Crippen LogP contribution is 2.26. The highest BCUT2D eigenvalue weighted by atomic mass is 16.6. The second-order valence-electron chi connectivity index (χ2n) is 4.95. The van der Waals surface area contributed by atoms with Crippen molar-refractivity contribution in [2.45, 2.75) is 32.2 Å². The number of nitro benzene ring substituents is 1. The number of anilines is 1. The van der Waals surface area contributed by atoms with Crippen LogP contribution >= 0.6 is 0 Å². The number of hydrogen-bond acceptors (Lipinski definition) is 4. The number of carbonyl (C=O) groups is 1. The molecule has 0 spiro atoms. The molecule has 1 fully saturated rings. The van der Waals surface area contributed by atoms with E-state index in [0.29, 0.717) is 11.3 Å². The number of carbonyl (C=O) groups excluding carboxylic acids is 1. The zero-order chi connectivity index (χ0) is 14.0. The third-order valence-electron chi connectivity index (χ3n) is 3.57. The smallest absolute Gasteiger partial charge is 0.272 e. The summed E-state index contributed by atoms with van der Waals surface area (Å²) < 4.78 is 0. The molecule has 0 saturated heterocycles. The molecule has 2 atom stereocenters. The molecule has 1 aliphatic carbocycles. The topological polar surface area (TPSA) is 98.3 Å². The van der Waals surface area contributed by atoms with Crippen molar-refractivity contribution in [3.63, 3.8) is 0 Å². The van der Waals surface area contributed by atoms with Crippen LogP contribution in [0, 0.1) is 23.0 Å². The van der Waals surface area contributed by atoms with Crippen LogP contribution in [0.1, 0.15) is 24.8 Å². The van der Waals surface area contributed by atoms with E-state index in [1.165, 1.54) is 6.07 Å². The van der Waals surface area contributed by atoms with Crippen LogP contribution in [0.15, 0.2) is 18.2 Å².